The van der Waals surface area contributed by atoms with E-state index < -0.39 is 11.9 Å². The van der Waals surface area contributed by atoms with Gasteiger partial charge in [0.05, 0.1) is 23.2 Å². The van der Waals surface area contributed by atoms with Crippen molar-refractivity contribution in [1.29, 1.82) is 0 Å². The third-order valence-corrected chi connectivity index (χ3v) is 7.57. The zero-order chi connectivity index (χ0) is 21.2. The number of ether oxygens (including phenoxy) is 1. The summed E-state index contributed by atoms with van der Waals surface area (Å²) in [6, 6.07) is 5.37. The van der Waals surface area contributed by atoms with Gasteiger partial charge in [-0.1, -0.05) is 19.1 Å². The molecule has 1 saturated carbocycles. The smallest absolute Gasteiger partial charge is 0.296 e. The third kappa shape index (κ3) is 2.90. The summed E-state index contributed by atoms with van der Waals surface area (Å²) in [6.45, 7) is 5.97. The first-order valence-electron chi connectivity index (χ1n) is 10.3. The summed E-state index contributed by atoms with van der Waals surface area (Å²) in [5.74, 6) is -0.507. The molecular weight excluding hydrogens is 403 g/mol. The second kappa shape index (κ2) is 7.01. The average Bonchev–Trinajstić information content (AvgIpc) is 3.19. The molecule has 0 N–H and O–H groups in total. The van der Waals surface area contributed by atoms with Crippen LogP contribution in [0.2, 0.25) is 0 Å². The maximum absolute atomic E-state index is 14.1. The highest BCUT2D eigenvalue weighted by molar-refractivity contribution is 7.15. The quantitative estimate of drug-likeness (QED) is 0.702. The molecule has 30 heavy (non-hydrogen) atoms. The molecule has 5 nitrogen and oxygen atoms in total. The van der Waals surface area contributed by atoms with Gasteiger partial charge in [0.25, 0.3) is 5.91 Å². The minimum Gasteiger partial charge on any atom is -0.483 e. The first-order chi connectivity index (χ1) is 14.3. The van der Waals surface area contributed by atoms with E-state index in [1.165, 1.54) is 28.4 Å². The number of amides is 1. The van der Waals surface area contributed by atoms with Crippen molar-refractivity contribution < 1.29 is 18.7 Å². The van der Waals surface area contributed by atoms with Gasteiger partial charge in [-0.15, -0.1) is 11.3 Å². The highest BCUT2D eigenvalue weighted by Gasteiger charge is 2.53. The molecule has 2 aromatic rings. The van der Waals surface area contributed by atoms with E-state index in [9.17, 15) is 14.0 Å². The highest BCUT2D eigenvalue weighted by atomic mass is 32.1. The van der Waals surface area contributed by atoms with Gasteiger partial charge in [0.2, 0.25) is 0 Å². The Balaban J connectivity index is 1.66. The molecule has 0 saturated heterocycles. The largest absolute Gasteiger partial charge is 0.483 e. The van der Waals surface area contributed by atoms with Gasteiger partial charge in [0.1, 0.15) is 11.9 Å². The Morgan fingerprint density at radius 3 is 2.73 bits per heavy atom. The van der Waals surface area contributed by atoms with Crippen LogP contribution in [-0.4, -0.2) is 22.8 Å². The molecule has 3 heterocycles. The molecule has 4 unspecified atom stereocenters. The first kappa shape index (κ1) is 19.4. The lowest BCUT2D eigenvalue weighted by molar-refractivity contribution is -0.132. The van der Waals surface area contributed by atoms with Crippen molar-refractivity contribution >= 4 is 28.2 Å². The molecule has 5 rings (SSSR count). The molecule has 1 amide bonds. The molecule has 1 aromatic heterocycles. The van der Waals surface area contributed by atoms with E-state index in [2.05, 4.69) is 11.9 Å². The van der Waals surface area contributed by atoms with Gasteiger partial charge in [-0.2, -0.15) is 0 Å². The van der Waals surface area contributed by atoms with E-state index in [0.717, 1.165) is 29.8 Å². The number of benzene rings is 1. The minimum atomic E-state index is -0.723. The van der Waals surface area contributed by atoms with Crippen LogP contribution in [0.4, 0.5) is 9.52 Å². The molecule has 0 spiro atoms. The van der Waals surface area contributed by atoms with E-state index in [4.69, 9.17) is 4.74 Å². The number of hydrogen-bond acceptors (Lipinski definition) is 5. The van der Waals surface area contributed by atoms with E-state index in [1.54, 1.807) is 12.1 Å². The zero-order valence-electron chi connectivity index (χ0n) is 17.1. The number of fused-ring (bicyclic) bond motifs is 1. The lowest BCUT2D eigenvalue weighted by Gasteiger charge is -2.37. The van der Waals surface area contributed by atoms with E-state index in [0.29, 0.717) is 22.2 Å². The Labute approximate surface area is 178 Å². The van der Waals surface area contributed by atoms with Crippen LogP contribution >= 0.6 is 11.3 Å². The van der Waals surface area contributed by atoms with Crippen molar-refractivity contribution in [3.63, 3.8) is 0 Å². The maximum Gasteiger partial charge on any atom is 0.296 e. The zero-order valence-corrected chi connectivity index (χ0v) is 18.0. The molecular formula is C23H23FN2O3S. The molecule has 156 valence electrons. The Morgan fingerprint density at radius 2 is 2.03 bits per heavy atom. The molecule has 0 radical (unpaired) electrons. The van der Waals surface area contributed by atoms with Crippen molar-refractivity contribution in [3.8, 4) is 0 Å². The fourth-order valence-electron chi connectivity index (χ4n) is 4.83. The molecule has 3 aliphatic rings. The van der Waals surface area contributed by atoms with E-state index in [1.807, 2.05) is 13.8 Å². The summed E-state index contributed by atoms with van der Waals surface area (Å²) in [5.41, 5.74) is 1.74. The van der Waals surface area contributed by atoms with Crippen LogP contribution in [0.5, 0.6) is 0 Å². The molecule has 2 aliphatic heterocycles. The van der Waals surface area contributed by atoms with Crippen molar-refractivity contribution in [3.05, 3.63) is 57.5 Å². The van der Waals surface area contributed by atoms with E-state index >= 15 is 0 Å². The van der Waals surface area contributed by atoms with E-state index in [-0.39, 0.29) is 29.5 Å². The molecule has 1 aliphatic carbocycles. The van der Waals surface area contributed by atoms with Crippen LogP contribution in [0.1, 0.15) is 48.4 Å². The van der Waals surface area contributed by atoms with Crippen molar-refractivity contribution in [1.82, 2.24) is 4.98 Å². The fraction of sp³-hybridized carbons (Fsp3) is 0.435. The number of hydrogen-bond donors (Lipinski definition) is 0. The van der Waals surface area contributed by atoms with Gasteiger partial charge >= 0.3 is 0 Å². The minimum absolute atomic E-state index is 0.0390. The van der Waals surface area contributed by atoms with Gasteiger partial charge in [0.15, 0.2) is 16.7 Å². The monoisotopic (exact) mass is 426 g/mol. The number of carbonyl (C=O) groups excluding carboxylic acids is 2. The van der Waals surface area contributed by atoms with Crippen molar-refractivity contribution in [2.75, 3.05) is 4.90 Å². The number of aryl methyl sites for hydroxylation is 2. The van der Waals surface area contributed by atoms with Crippen molar-refractivity contribution in [2.24, 2.45) is 11.8 Å². The number of halogens is 1. The summed E-state index contributed by atoms with van der Waals surface area (Å²) in [6.07, 6.45) is 2.23. The number of thiazole rings is 1. The number of Topliss-reactive ketones (excluding diaryl/α,β-unsaturated/α-hetero) is 1. The van der Waals surface area contributed by atoms with Crippen LogP contribution in [0.25, 0.3) is 0 Å². The number of carbonyl (C=O) groups is 2. The second-order valence-corrected chi connectivity index (χ2v) is 9.74. The molecule has 0 bridgehead atoms. The summed E-state index contributed by atoms with van der Waals surface area (Å²) < 4.78 is 20.3. The number of anilines is 1. The lowest BCUT2D eigenvalue weighted by Crippen LogP contribution is -2.41. The Kier molecular flexibility index (Phi) is 4.54. The van der Waals surface area contributed by atoms with Crippen LogP contribution < -0.4 is 4.90 Å². The van der Waals surface area contributed by atoms with Gasteiger partial charge < -0.3 is 4.74 Å². The van der Waals surface area contributed by atoms with Crippen LogP contribution in [0.3, 0.4) is 0 Å². The molecule has 1 fully saturated rings. The van der Waals surface area contributed by atoms with Gasteiger partial charge in [0, 0.05) is 4.88 Å². The first-order valence-corrected chi connectivity index (χ1v) is 11.1. The summed E-state index contributed by atoms with van der Waals surface area (Å²) in [7, 11) is 0. The molecule has 4 atom stereocenters. The van der Waals surface area contributed by atoms with Crippen LogP contribution in [0, 0.1) is 31.5 Å². The second-order valence-electron chi connectivity index (χ2n) is 8.56. The Morgan fingerprint density at radius 1 is 1.23 bits per heavy atom. The average molecular weight is 427 g/mol. The fourth-order valence-corrected chi connectivity index (χ4v) is 5.76. The Hall–Kier alpha value is -2.54. The predicted molar refractivity (Wildman–Crippen MR) is 112 cm³/mol. The summed E-state index contributed by atoms with van der Waals surface area (Å²) in [4.78, 5) is 34.2. The number of rotatable bonds is 2. The number of ketones is 1. The summed E-state index contributed by atoms with van der Waals surface area (Å²) in [5, 5.41) is 0.506. The maximum atomic E-state index is 14.1. The van der Waals surface area contributed by atoms with Gasteiger partial charge in [-0.25, -0.2) is 9.37 Å². The SMILES string of the molecule is Cc1nc(N2C(=O)C3=C(C(=O)C4CC(C)CCC4O3)C2c2cccc(F)c2)sc1C. The standard InChI is InChI=1S/C23H23FN2O3S/c1-11-7-8-17-16(9-11)20(27)18-19(14-5-4-6-15(24)10-14)26(22(28)21(18)29-17)23-25-12(2)13(3)30-23/h4-6,10-11,16-17,19H,7-9H2,1-3H3. The van der Waals surface area contributed by atoms with Gasteiger partial charge in [-0.05, 0) is 56.7 Å². The molecule has 7 heteroatoms. The van der Waals surface area contributed by atoms with Crippen LogP contribution in [-0.2, 0) is 14.3 Å². The Bertz CT molecular complexity index is 1070. The molecule has 1 aromatic carbocycles. The number of aromatic nitrogens is 1. The highest BCUT2D eigenvalue weighted by Crippen LogP contribution is 2.49. The predicted octanol–water partition coefficient (Wildman–Crippen LogP) is 4.65. The topological polar surface area (TPSA) is 59.5 Å². The summed E-state index contributed by atoms with van der Waals surface area (Å²) >= 11 is 1.40. The lowest BCUT2D eigenvalue weighted by atomic mass is 9.74. The van der Waals surface area contributed by atoms with Crippen LogP contribution in [0.15, 0.2) is 35.6 Å². The third-order valence-electron chi connectivity index (χ3n) is 6.50. The van der Waals surface area contributed by atoms with Gasteiger partial charge in [-0.3, -0.25) is 14.5 Å². The van der Waals surface area contributed by atoms with Crippen molar-refractivity contribution in [2.45, 2.75) is 52.2 Å². The number of nitrogens with zero attached hydrogens (tertiary/aromatic N) is 2. The normalized spacial score (nSPS) is 28.5.